The van der Waals surface area contributed by atoms with E-state index < -0.39 is 18.8 Å². The number of rotatable bonds is 7. The first-order valence-electron chi connectivity index (χ1n) is 11.1. The molecule has 4 heteroatoms. The van der Waals surface area contributed by atoms with Gasteiger partial charge in [0, 0.05) is 11.5 Å². The predicted octanol–water partition coefficient (Wildman–Crippen LogP) is 5.63. The SMILES string of the molecule is [2H]C([2H])([2H])OC(=O)c1c(CCCCC)cc(O)c(C2C=C(C)CCC2C(=C)C)c1O. The van der Waals surface area contributed by atoms with Crippen LogP contribution in [0.5, 0.6) is 11.5 Å². The van der Waals surface area contributed by atoms with Crippen molar-refractivity contribution in [2.45, 2.75) is 65.2 Å². The zero-order valence-corrected chi connectivity index (χ0v) is 16.5. The average molecular weight is 376 g/mol. The van der Waals surface area contributed by atoms with Crippen molar-refractivity contribution in [3.05, 3.63) is 46.6 Å². The van der Waals surface area contributed by atoms with E-state index >= 15 is 0 Å². The minimum absolute atomic E-state index is 0.0112. The highest BCUT2D eigenvalue weighted by molar-refractivity contribution is 5.95. The van der Waals surface area contributed by atoms with Crippen LogP contribution < -0.4 is 0 Å². The Kier molecular flexibility index (Phi) is 5.71. The van der Waals surface area contributed by atoms with Crippen molar-refractivity contribution in [2.24, 2.45) is 5.92 Å². The van der Waals surface area contributed by atoms with Crippen LogP contribution in [0.3, 0.4) is 0 Å². The Morgan fingerprint density at radius 3 is 2.78 bits per heavy atom. The van der Waals surface area contributed by atoms with Crippen LogP contribution in [0.15, 0.2) is 29.9 Å². The van der Waals surface area contributed by atoms with Gasteiger partial charge in [0.15, 0.2) is 0 Å². The summed E-state index contributed by atoms with van der Waals surface area (Å²) in [6.45, 7) is 9.98. The Hall–Kier alpha value is -2.23. The van der Waals surface area contributed by atoms with Crippen LogP contribution in [-0.4, -0.2) is 23.2 Å². The highest BCUT2D eigenvalue weighted by atomic mass is 16.5. The highest BCUT2D eigenvalue weighted by Crippen LogP contribution is 2.48. The van der Waals surface area contributed by atoms with Crippen molar-refractivity contribution < 1.29 is 23.9 Å². The van der Waals surface area contributed by atoms with Crippen LogP contribution in [0.4, 0.5) is 0 Å². The highest BCUT2D eigenvalue weighted by Gasteiger charge is 2.33. The van der Waals surface area contributed by atoms with E-state index in [1.54, 1.807) is 0 Å². The van der Waals surface area contributed by atoms with Gasteiger partial charge in [-0.3, -0.25) is 0 Å². The van der Waals surface area contributed by atoms with Crippen LogP contribution >= 0.6 is 0 Å². The van der Waals surface area contributed by atoms with Crippen LogP contribution in [0, 0.1) is 5.92 Å². The number of aromatic hydroxyl groups is 2. The monoisotopic (exact) mass is 375 g/mol. The number of unbranched alkanes of at least 4 members (excludes halogenated alkanes) is 2. The summed E-state index contributed by atoms with van der Waals surface area (Å²) < 4.78 is 26.4. The third-order valence-corrected chi connectivity index (χ3v) is 5.46. The Bertz CT molecular complexity index is 840. The first-order chi connectivity index (χ1) is 14.0. The van der Waals surface area contributed by atoms with Gasteiger partial charge in [-0.25, -0.2) is 4.79 Å². The van der Waals surface area contributed by atoms with E-state index in [1.165, 1.54) is 6.07 Å². The molecule has 0 bridgehead atoms. The van der Waals surface area contributed by atoms with Gasteiger partial charge in [-0.2, -0.15) is 0 Å². The molecule has 0 spiro atoms. The number of phenols is 2. The van der Waals surface area contributed by atoms with Gasteiger partial charge in [0.2, 0.25) is 0 Å². The van der Waals surface area contributed by atoms with E-state index in [4.69, 9.17) is 4.11 Å². The molecule has 1 aliphatic rings. The van der Waals surface area contributed by atoms with E-state index in [0.29, 0.717) is 12.0 Å². The van der Waals surface area contributed by atoms with Crippen LogP contribution in [0.1, 0.15) is 84.4 Å². The fraction of sp³-hybridized carbons (Fsp3) is 0.522. The summed E-state index contributed by atoms with van der Waals surface area (Å²) in [6.07, 6.45) is 6.70. The summed E-state index contributed by atoms with van der Waals surface area (Å²) in [6, 6.07) is 1.47. The second-order valence-corrected chi connectivity index (χ2v) is 7.57. The number of methoxy groups -OCH3 is 1. The lowest BCUT2D eigenvalue weighted by Crippen LogP contribution is -2.18. The van der Waals surface area contributed by atoms with E-state index in [9.17, 15) is 15.0 Å². The van der Waals surface area contributed by atoms with Crippen LogP contribution in [0.2, 0.25) is 0 Å². The number of esters is 1. The fourth-order valence-corrected chi connectivity index (χ4v) is 4.00. The molecule has 0 saturated carbocycles. The molecule has 27 heavy (non-hydrogen) atoms. The maximum absolute atomic E-state index is 12.7. The number of carbonyl (C=O) groups is 1. The summed E-state index contributed by atoms with van der Waals surface area (Å²) in [5.74, 6) is -1.99. The lowest BCUT2D eigenvalue weighted by atomic mass is 9.73. The third kappa shape index (κ3) is 4.55. The number of aryl methyl sites for hydroxylation is 1. The summed E-state index contributed by atoms with van der Waals surface area (Å²) >= 11 is 0. The lowest BCUT2D eigenvalue weighted by Gasteiger charge is -2.32. The third-order valence-electron chi connectivity index (χ3n) is 5.46. The summed E-state index contributed by atoms with van der Waals surface area (Å²) in [4.78, 5) is 12.7. The topological polar surface area (TPSA) is 66.8 Å². The lowest BCUT2D eigenvalue weighted by molar-refractivity contribution is 0.0595. The standard InChI is InChI=1S/C23H32O4/c1-6-7-8-9-16-13-19(24)21(22(25)20(16)23(26)27-5)18-12-15(4)10-11-17(18)14(2)3/h12-13,17-18,24-25H,2,6-11H2,1,3-5H3/i5D3. The van der Waals surface area contributed by atoms with E-state index in [-0.39, 0.29) is 28.7 Å². The molecule has 2 N–H and O–H groups in total. The summed E-state index contributed by atoms with van der Waals surface area (Å²) in [7, 11) is -2.93. The normalized spacial score (nSPS) is 21.6. The smallest absolute Gasteiger partial charge is 0.341 e. The Morgan fingerprint density at radius 2 is 2.15 bits per heavy atom. The number of ether oxygens (including phenoxy) is 1. The summed E-state index contributed by atoms with van der Waals surface area (Å²) in [5, 5.41) is 21.9. The molecule has 0 fully saturated rings. The zero-order valence-electron chi connectivity index (χ0n) is 19.5. The molecular weight excluding hydrogens is 340 g/mol. The maximum Gasteiger partial charge on any atom is 0.341 e. The molecule has 2 atom stereocenters. The van der Waals surface area contributed by atoms with Gasteiger partial charge >= 0.3 is 5.97 Å². The summed E-state index contributed by atoms with van der Waals surface area (Å²) in [5.41, 5.74) is 2.47. The van der Waals surface area contributed by atoms with Gasteiger partial charge in [-0.05, 0) is 57.1 Å². The number of carbonyl (C=O) groups excluding carboxylic acids is 1. The molecule has 2 rings (SSSR count). The van der Waals surface area contributed by atoms with Gasteiger partial charge in [0.05, 0.1) is 11.2 Å². The van der Waals surface area contributed by atoms with Crippen molar-refractivity contribution in [3.8, 4) is 11.5 Å². The number of hydrogen-bond acceptors (Lipinski definition) is 4. The quantitative estimate of drug-likeness (QED) is 0.368. The Balaban J connectivity index is 2.64. The Morgan fingerprint density at radius 1 is 1.41 bits per heavy atom. The van der Waals surface area contributed by atoms with Crippen molar-refractivity contribution in [2.75, 3.05) is 7.04 Å². The molecule has 0 radical (unpaired) electrons. The molecule has 1 aromatic carbocycles. The number of hydrogen-bond donors (Lipinski definition) is 2. The molecule has 0 heterocycles. The van der Waals surface area contributed by atoms with Crippen molar-refractivity contribution in [1.29, 1.82) is 0 Å². The molecule has 4 nitrogen and oxygen atoms in total. The minimum atomic E-state index is -2.93. The molecule has 2 unspecified atom stereocenters. The Labute approximate surface area is 166 Å². The minimum Gasteiger partial charge on any atom is -0.507 e. The maximum atomic E-state index is 12.7. The van der Waals surface area contributed by atoms with E-state index in [0.717, 1.165) is 43.3 Å². The second kappa shape index (κ2) is 9.12. The average Bonchev–Trinajstić information content (AvgIpc) is 2.59. The number of allylic oxidation sites excluding steroid dienone is 3. The molecule has 0 aliphatic heterocycles. The van der Waals surface area contributed by atoms with Crippen LogP contribution in [-0.2, 0) is 11.2 Å². The zero-order chi connectivity index (χ0) is 22.6. The van der Waals surface area contributed by atoms with Gasteiger partial charge < -0.3 is 14.9 Å². The molecule has 148 valence electrons. The number of phenolic OH excluding ortho intramolecular Hbond substituents is 2. The second-order valence-electron chi connectivity index (χ2n) is 7.57. The predicted molar refractivity (Wildman–Crippen MR) is 108 cm³/mol. The first-order valence-corrected chi connectivity index (χ1v) is 9.60. The van der Waals surface area contributed by atoms with E-state index in [2.05, 4.69) is 11.3 Å². The molecule has 0 saturated heterocycles. The van der Waals surface area contributed by atoms with Gasteiger partial charge in [-0.1, -0.05) is 43.6 Å². The van der Waals surface area contributed by atoms with Crippen molar-refractivity contribution in [3.63, 3.8) is 0 Å². The number of benzene rings is 1. The van der Waals surface area contributed by atoms with Crippen molar-refractivity contribution >= 4 is 5.97 Å². The van der Waals surface area contributed by atoms with Gasteiger partial charge in [0.1, 0.15) is 17.1 Å². The molecule has 0 aromatic heterocycles. The van der Waals surface area contributed by atoms with E-state index in [1.807, 2.05) is 26.8 Å². The molecule has 1 aliphatic carbocycles. The molecular formula is C23H32O4. The van der Waals surface area contributed by atoms with Crippen molar-refractivity contribution in [1.82, 2.24) is 0 Å². The fourth-order valence-electron chi connectivity index (χ4n) is 4.00. The molecule has 1 aromatic rings. The van der Waals surface area contributed by atoms with Gasteiger partial charge in [0.25, 0.3) is 0 Å². The van der Waals surface area contributed by atoms with Crippen LogP contribution in [0.25, 0.3) is 0 Å². The van der Waals surface area contributed by atoms with Gasteiger partial charge in [-0.15, -0.1) is 0 Å². The largest absolute Gasteiger partial charge is 0.507 e. The molecule has 0 amide bonds. The first kappa shape index (κ1) is 16.9.